The van der Waals surface area contributed by atoms with E-state index in [9.17, 15) is 9.59 Å². The molecule has 3 rings (SSSR count). The molecule has 0 heterocycles. The molecule has 0 saturated carbocycles. The average molecular weight is 445 g/mol. The van der Waals surface area contributed by atoms with Gasteiger partial charge in [-0.2, -0.15) is 0 Å². The topological polar surface area (TPSA) is 58.6 Å². The van der Waals surface area contributed by atoms with Crippen LogP contribution < -0.4 is 10.1 Å². The van der Waals surface area contributed by atoms with Gasteiger partial charge in [-0.1, -0.05) is 85.3 Å². The molecular formula is C28H32N2O3. The Morgan fingerprint density at radius 1 is 0.879 bits per heavy atom. The van der Waals surface area contributed by atoms with Crippen molar-refractivity contribution in [1.82, 2.24) is 10.2 Å². The van der Waals surface area contributed by atoms with Crippen molar-refractivity contribution in [2.45, 2.75) is 39.3 Å². The predicted molar refractivity (Wildman–Crippen MR) is 131 cm³/mol. The second-order valence-corrected chi connectivity index (χ2v) is 8.11. The van der Waals surface area contributed by atoms with Crippen LogP contribution in [0.15, 0.2) is 84.9 Å². The SMILES string of the molecule is CCCNC(=O)[C@@H](Cc1ccccc1)N(Cc1ccccc1)C(=O)COc1ccc(C)cc1. The summed E-state index contributed by atoms with van der Waals surface area (Å²) in [5.41, 5.74) is 3.08. The van der Waals surface area contributed by atoms with Gasteiger partial charge >= 0.3 is 0 Å². The van der Waals surface area contributed by atoms with E-state index in [0.717, 1.165) is 23.1 Å². The first-order valence-electron chi connectivity index (χ1n) is 11.4. The largest absolute Gasteiger partial charge is 0.484 e. The first-order chi connectivity index (χ1) is 16.1. The van der Waals surface area contributed by atoms with Gasteiger partial charge in [0, 0.05) is 19.5 Å². The number of hydrogen-bond donors (Lipinski definition) is 1. The molecule has 1 N–H and O–H groups in total. The van der Waals surface area contributed by atoms with Gasteiger partial charge in [-0.25, -0.2) is 0 Å². The number of hydrogen-bond acceptors (Lipinski definition) is 3. The van der Waals surface area contributed by atoms with Gasteiger partial charge in [0.2, 0.25) is 5.91 Å². The number of aryl methyl sites for hydroxylation is 1. The van der Waals surface area contributed by atoms with Crippen LogP contribution in [0.3, 0.4) is 0 Å². The monoisotopic (exact) mass is 444 g/mol. The van der Waals surface area contributed by atoms with Crippen molar-refractivity contribution in [2.75, 3.05) is 13.2 Å². The fourth-order valence-corrected chi connectivity index (χ4v) is 3.56. The molecule has 1 atom stereocenters. The minimum absolute atomic E-state index is 0.137. The Hall–Kier alpha value is -3.60. The maximum Gasteiger partial charge on any atom is 0.261 e. The van der Waals surface area contributed by atoms with Crippen molar-refractivity contribution in [1.29, 1.82) is 0 Å². The summed E-state index contributed by atoms with van der Waals surface area (Å²) in [5, 5.41) is 2.98. The molecule has 3 aromatic carbocycles. The van der Waals surface area contributed by atoms with E-state index in [1.54, 1.807) is 4.90 Å². The fraction of sp³-hybridized carbons (Fsp3) is 0.286. The zero-order valence-corrected chi connectivity index (χ0v) is 19.4. The van der Waals surface area contributed by atoms with Crippen LogP contribution in [-0.4, -0.2) is 35.9 Å². The molecule has 0 radical (unpaired) electrons. The molecule has 5 nitrogen and oxygen atoms in total. The van der Waals surface area contributed by atoms with E-state index in [-0.39, 0.29) is 18.4 Å². The summed E-state index contributed by atoms with van der Waals surface area (Å²) in [6.07, 6.45) is 1.26. The van der Waals surface area contributed by atoms with Crippen LogP contribution in [-0.2, 0) is 22.6 Å². The molecule has 0 unspecified atom stereocenters. The number of benzene rings is 3. The van der Waals surface area contributed by atoms with E-state index in [2.05, 4.69) is 5.32 Å². The molecule has 3 aromatic rings. The highest BCUT2D eigenvalue weighted by atomic mass is 16.5. The fourth-order valence-electron chi connectivity index (χ4n) is 3.56. The van der Waals surface area contributed by atoms with Gasteiger partial charge < -0.3 is 15.0 Å². The van der Waals surface area contributed by atoms with Crippen LogP contribution in [0.5, 0.6) is 5.75 Å². The Kier molecular flexibility index (Phi) is 9.07. The maximum absolute atomic E-state index is 13.4. The third kappa shape index (κ3) is 7.49. The summed E-state index contributed by atoms with van der Waals surface area (Å²) in [6, 6.07) is 26.5. The first kappa shape index (κ1) is 24.1. The van der Waals surface area contributed by atoms with Crippen molar-refractivity contribution in [2.24, 2.45) is 0 Å². The Morgan fingerprint density at radius 3 is 2.09 bits per heavy atom. The Balaban J connectivity index is 1.85. The van der Waals surface area contributed by atoms with Gasteiger partial charge in [-0.3, -0.25) is 9.59 Å². The van der Waals surface area contributed by atoms with Crippen LogP contribution in [0.2, 0.25) is 0 Å². The molecule has 0 bridgehead atoms. The third-order valence-electron chi connectivity index (χ3n) is 5.40. The molecule has 172 valence electrons. The Bertz CT molecular complexity index is 1000. The lowest BCUT2D eigenvalue weighted by atomic mass is 10.0. The lowest BCUT2D eigenvalue weighted by molar-refractivity contribution is -0.142. The quantitative estimate of drug-likeness (QED) is 0.472. The van der Waals surface area contributed by atoms with Crippen LogP contribution in [0.25, 0.3) is 0 Å². The molecule has 0 fully saturated rings. The number of ether oxygens (including phenoxy) is 1. The smallest absolute Gasteiger partial charge is 0.261 e. The minimum Gasteiger partial charge on any atom is -0.484 e. The second kappa shape index (κ2) is 12.4. The normalized spacial score (nSPS) is 11.5. The van der Waals surface area contributed by atoms with Crippen LogP contribution in [0.1, 0.15) is 30.0 Å². The van der Waals surface area contributed by atoms with Crippen LogP contribution in [0, 0.1) is 6.92 Å². The molecular weight excluding hydrogens is 412 g/mol. The summed E-state index contributed by atoms with van der Waals surface area (Å²) in [6.45, 7) is 4.77. The molecule has 0 aliphatic heterocycles. The molecule has 5 heteroatoms. The second-order valence-electron chi connectivity index (χ2n) is 8.11. The van der Waals surface area contributed by atoms with Gasteiger partial charge in [0.15, 0.2) is 6.61 Å². The summed E-state index contributed by atoms with van der Waals surface area (Å²) in [7, 11) is 0. The zero-order chi connectivity index (χ0) is 23.5. The molecule has 0 aliphatic rings. The Labute approximate surface area is 196 Å². The summed E-state index contributed by atoms with van der Waals surface area (Å²) in [4.78, 5) is 28.3. The number of rotatable bonds is 11. The molecule has 0 aromatic heterocycles. The highest BCUT2D eigenvalue weighted by Crippen LogP contribution is 2.16. The van der Waals surface area contributed by atoms with Crippen molar-refractivity contribution in [3.8, 4) is 5.75 Å². The average Bonchev–Trinajstić information content (AvgIpc) is 2.85. The van der Waals surface area contributed by atoms with E-state index in [1.165, 1.54) is 0 Å². The molecule has 33 heavy (non-hydrogen) atoms. The summed E-state index contributed by atoms with van der Waals surface area (Å²) in [5.74, 6) is 0.246. The van der Waals surface area contributed by atoms with Gasteiger partial charge in [-0.15, -0.1) is 0 Å². The number of amides is 2. The van der Waals surface area contributed by atoms with Crippen molar-refractivity contribution in [3.05, 3.63) is 102 Å². The van der Waals surface area contributed by atoms with E-state index in [4.69, 9.17) is 4.74 Å². The van der Waals surface area contributed by atoms with Gasteiger partial charge in [0.25, 0.3) is 5.91 Å². The molecule has 0 saturated heterocycles. The number of carbonyl (C=O) groups excluding carboxylic acids is 2. The highest BCUT2D eigenvalue weighted by molar-refractivity contribution is 5.88. The lowest BCUT2D eigenvalue weighted by Crippen LogP contribution is -2.51. The third-order valence-corrected chi connectivity index (χ3v) is 5.40. The van der Waals surface area contributed by atoms with Crippen LogP contribution >= 0.6 is 0 Å². The van der Waals surface area contributed by atoms with Gasteiger partial charge in [-0.05, 0) is 36.6 Å². The molecule has 2 amide bonds. The zero-order valence-electron chi connectivity index (χ0n) is 19.4. The minimum atomic E-state index is -0.645. The van der Waals surface area contributed by atoms with E-state index in [0.29, 0.717) is 25.3 Å². The standard InChI is InChI=1S/C28H32N2O3/c1-3-18-29-28(32)26(19-23-10-6-4-7-11-23)30(20-24-12-8-5-9-13-24)27(31)21-33-25-16-14-22(2)15-17-25/h4-17,26H,3,18-21H2,1-2H3,(H,29,32)/t26-/m1/s1. The number of nitrogens with one attached hydrogen (secondary N) is 1. The van der Waals surface area contributed by atoms with E-state index >= 15 is 0 Å². The molecule has 0 aliphatic carbocycles. The number of carbonyl (C=O) groups is 2. The summed E-state index contributed by atoms with van der Waals surface area (Å²) >= 11 is 0. The predicted octanol–water partition coefficient (Wildman–Crippen LogP) is 4.54. The van der Waals surface area contributed by atoms with E-state index < -0.39 is 6.04 Å². The van der Waals surface area contributed by atoms with Gasteiger partial charge in [0.05, 0.1) is 0 Å². The number of nitrogens with zero attached hydrogens (tertiary/aromatic N) is 1. The maximum atomic E-state index is 13.4. The van der Waals surface area contributed by atoms with Crippen molar-refractivity contribution >= 4 is 11.8 Å². The highest BCUT2D eigenvalue weighted by Gasteiger charge is 2.30. The van der Waals surface area contributed by atoms with Crippen LogP contribution in [0.4, 0.5) is 0 Å². The van der Waals surface area contributed by atoms with Crippen molar-refractivity contribution < 1.29 is 14.3 Å². The Morgan fingerprint density at radius 2 is 1.48 bits per heavy atom. The van der Waals surface area contributed by atoms with Crippen molar-refractivity contribution in [3.63, 3.8) is 0 Å². The lowest BCUT2D eigenvalue weighted by Gasteiger charge is -2.31. The van der Waals surface area contributed by atoms with Gasteiger partial charge in [0.1, 0.15) is 11.8 Å². The first-order valence-corrected chi connectivity index (χ1v) is 11.4. The summed E-state index contributed by atoms with van der Waals surface area (Å²) < 4.78 is 5.78. The van der Waals surface area contributed by atoms with E-state index in [1.807, 2.05) is 98.8 Å². The molecule has 0 spiro atoms.